The van der Waals surface area contributed by atoms with Crippen LogP contribution < -0.4 is 5.32 Å². The van der Waals surface area contributed by atoms with Crippen molar-refractivity contribution in [1.82, 2.24) is 10.3 Å². The molecule has 0 amide bonds. The molecule has 1 aromatic carbocycles. The number of pyridine rings is 1. The van der Waals surface area contributed by atoms with Gasteiger partial charge in [0.1, 0.15) is 0 Å². The van der Waals surface area contributed by atoms with Gasteiger partial charge in [0, 0.05) is 18.3 Å². The summed E-state index contributed by atoms with van der Waals surface area (Å²) in [6, 6.07) is 10.6. The number of alkyl halides is 3. The number of rotatable bonds is 4. The minimum atomic E-state index is -4.35. The second-order valence-electron chi connectivity index (χ2n) is 4.95. The second kappa shape index (κ2) is 6.26. The van der Waals surface area contributed by atoms with E-state index in [1.54, 1.807) is 25.3 Å². The Morgan fingerprint density at radius 3 is 2.24 bits per heavy atom. The van der Waals surface area contributed by atoms with E-state index in [4.69, 9.17) is 0 Å². The minimum Gasteiger partial charge on any atom is -0.302 e. The monoisotopic (exact) mass is 294 g/mol. The first-order valence-electron chi connectivity index (χ1n) is 6.72. The summed E-state index contributed by atoms with van der Waals surface area (Å²) in [6.07, 6.45) is -2.68. The van der Waals surface area contributed by atoms with Crippen molar-refractivity contribution >= 4 is 0 Å². The summed E-state index contributed by atoms with van der Waals surface area (Å²) in [5.74, 6) is 0. The molecule has 1 aromatic heterocycles. The van der Waals surface area contributed by atoms with Crippen molar-refractivity contribution < 1.29 is 13.2 Å². The molecule has 2 aromatic rings. The number of hydrogen-bond acceptors (Lipinski definition) is 2. The van der Waals surface area contributed by atoms with Crippen LogP contribution in [0.3, 0.4) is 0 Å². The van der Waals surface area contributed by atoms with Gasteiger partial charge in [-0.15, -0.1) is 0 Å². The van der Waals surface area contributed by atoms with Gasteiger partial charge in [-0.3, -0.25) is 4.98 Å². The molecular weight excluding hydrogens is 277 g/mol. The summed E-state index contributed by atoms with van der Waals surface area (Å²) >= 11 is 0. The summed E-state index contributed by atoms with van der Waals surface area (Å²) in [6.45, 7) is 3.61. The van der Waals surface area contributed by atoms with Crippen molar-refractivity contribution in [3.8, 4) is 0 Å². The average Bonchev–Trinajstić information content (AvgIpc) is 2.47. The lowest BCUT2D eigenvalue weighted by Crippen LogP contribution is -2.25. The summed E-state index contributed by atoms with van der Waals surface area (Å²) in [5.41, 5.74) is 0.444. The maximum absolute atomic E-state index is 13.0. The molecule has 0 aliphatic heterocycles. The van der Waals surface area contributed by atoms with Crippen molar-refractivity contribution in [1.29, 1.82) is 0 Å². The van der Waals surface area contributed by atoms with Gasteiger partial charge in [0.15, 0.2) is 0 Å². The molecule has 0 radical (unpaired) electrons. The first kappa shape index (κ1) is 15.5. The van der Waals surface area contributed by atoms with Crippen LogP contribution in [0.5, 0.6) is 0 Å². The highest BCUT2D eigenvalue weighted by Gasteiger charge is 2.34. The predicted molar refractivity (Wildman–Crippen MR) is 75.6 cm³/mol. The van der Waals surface area contributed by atoms with Crippen molar-refractivity contribution in [2.75, 3.05) is 0 Å². The van der Waals surface area contributed by atoms with Crippen molar-refractivity contribution in [2.24, 2.45) is 0 Å². The molecule has 2 atom stereocenters. The zero-order valence-corrected chi connectivity index (χ0v) is 11.9. The smallest absolute Gasteiger partial charge is 0.302 e. The van der Waals surface area contributed by atoms with Gasteiger partial charge in [0.05, 0.1) is 11.3 Å². The number of hydrogen-bond donors (Lipinski definition) is 1. The normalized spacial score (nSPS) is 14.7. The quantitative estimate of drug-likeness (QED) is 0.897. The number of aromatic nitrogens is 1. The highest BCUT2D eigenvalue weighted by atomic mass is 19.4. The highest BCUT2D eigenvalue weighted by Crippen LogP contribution is 2.34. The van der Waals surface area contributed by atoms with Crippen molar-refractivity contribution in [3.63, 3.8) is 0 Å². The van der Waals surface area contributed by atoms with E-state index < -0.39 is 17.8 Å². The molecule has 0 saturated carbocycles. The van der Waals surface area contributed by atoms with Crippen LogP contribution >= 0.6 is 0 Å². The van der Waals surface area contributed by atoms with E-state index in [-0.39, 0.29) is 11.6 Å². The molecule has 112 valence electrons. The number of benzene rings is 1. The zero-order valence-electron chi connectivity index (χ0n) is 11.9. The maximum Gasteiger partial charge on any atom is 0.416 e. The van der Waals surface area contributed by atoms with Gasteiger partial charge < -0.3 is 5.32 Å². The van der Waals surface area contributed by atoms with Crippen LogP contribution in [0.25, 0.3) is 0 Å². The maximum atomic E-state index is 13.0. The molecule has 0 aliphatic carbocycles. The van der Waals surface area contributed by atoms with Gasteiger partial charge in [-0.1, -0.05) is 24.3 Å². The predicted octanol–water partition coefficient (Wildman–Crippen LogP) is 4.51. The molecule has 21 heavy (non-hydrogen) atoms. The third kappa shape index (κ3) is 3.82. The van der Waals surface area contributed by atoms with E-state index in [2.05, 4.69) is 10.3 Å². The van der Waals surface area contributed by atoms with Crippen LogP contribution in [0, 0.1) is 0 Å². The molecule has 0 fully saturated rings. The second-order valence-corrected chi connectivity index (χ2v) is 4.95. The zero-order chi connectivity index (χ0) is 15.5. The molecule has 2 unspecified atom stereocenters. The van der Waals surface area contributed by atoms with Gasteiger partial charge in [-0.2, -0.15) is 13.2 Å². The lowest BCUT2D eigenvalue weighted by molar-refractivity contribution is -0.138. The van der Waals surface area contributed by atoms with Gasteiger partial charge in [-0.25, -0.2) is 0 Å². The van der Waals surface area contributed by atoms with Gasteiger partial charge >= 0.3 is 6.18 Å². The Kier molecular flexibility index (Phi) is 4.63. The largest absolute Gasteiger partial charge is 0.416 e. The molecular formula is C16H17F3N2. The van der Waals surface area contributed by atoms with Gasteiger partial charge in [0.2, 0.25) is 0 Å². The summed E-state index contributed by atoms with van der Waals surface area (Å²) < 4.78 is 39.1. The molecule has 5 heteroatoms. The van der Waals surface area contributed by atoms with Gasteiger partial charge in [0.25, 0.3) is 0 Å². The molecule has 1 heterocycles. The SMILES string of the molecule is CC(NC(C)c1ccccc1C(F)(F)F)c1ccccn1. The highest BCUT2D eigenvalue weighted by molar-refractivity contribution is 5.32. The Morgan fingerprint density at radius 1 is 0.952 bits per heavy atom. The Bertz CT molecular complexity index is 582. The average molecular weight is 294 g/mol. The van der Waals surface area contributed by atoms with Crippen LogP contribution in [0.4, 0.5) is 13.2 Å². The van der Waals surface area contributed by atoms with Crippen LogP contribution in [-0.2, 0) is 6.18 Å². The first-order chi connectivity index (χ1) is 9.89. The van der Waals surface area contributed by atoms with Crippen LogP contribution in [0.15, 0.2) is 48.7 Å². The molecule has 2 nitrogen and oxygen atoms in total. The van der Waals surface area contributed by atoms with Gasteiger partial charge in [-0.05, 0) is 37.6 Å². The van der Waals surface area contributed by atoms with E-state index >= 15 is 0 Å². The molecule has 0 saturated heterocycles. The molecule has 0 bridgehead atoms. The lowest BCUT2D eigenvalue weighted by atomic mass is 10.00. The Morgan fingerprint density at radius 2 is 1.62 bits per heavy atom. The first-order valence-corrected chi connectivity index (χ1v) is 6.72. The summed E-state index contributed by atoms with van der Waals surface area (Å²) in [4.78, 5) is 4.21. The minimum absolute atomic E-state index is 0.137. The van der Waals surface area contributed by atoms with E-state index in [1.807, 2.05) is 19.1 Å². The number of nitrogens with zero attached hydrogens (tertiary/aromatic N) is 1. The third-order valence-corrected chi connectivity index (χ3v) is 3.36. The number of halogens is 3. The molecule has 0 aliphatic rings. The molecule has 2 rings (SSSR count). The Balaban J connectivity index is 2.20. The van der Waals surface area contributed by atoms with Crippen molar-refractivity contribution in [3.05, 3.63) is 65.5 Å². The fourth-order valence-electron chi connectivity index (χ4n) is 2.32. The van der Waals surface area contributed by atoms with Crippen LogP contribution in [0.1, 0.15) is 42.8 Å². The molecule has 1 N–H and O–H groups in total. The Hall–Kier alpha value is -1.88. The van der Waals surface area contributed by atoms with E-state index in [1.165, 1.54) is 12.1 Å². The Labute approximate surface area is 122 Å². The van der Waals surface area contributed by atoms with E-state index in [9.17, 15) is 13.2 Å². The standard InChI is InChI=1S/C16H17F3N2/c1-11(21-12(2)15-9-5-6-10-20-15)13-7-3-4-8-14(13)16(17,18)19/h3-12,21H,1-2H3. The topological polar surface area (TPSA) is 24.9 Å². The lowest BCUT2D eigenvalue weighted by Gasteiger charge is -2.23. The van der Waals surface area contributed by atoms with Crippen LogP contribution in [0.2, 0.25) is 0 Å². The fraction of sp³-hybridized carbons (Fsp3) is 0.312. The van der Waals surface area contributed by atoms with E-state index in [0.29, 0.717) is 0 Å². The summed E-state index contributed by atoms with van der Waals surface area (Å²) in [5, 5.41) is 3.16. The molecule has 0 spiro atoms. The summed E-state index contributed by atoms with van der Waals surface area (Å²) in [7, 11) is 0. The third-order valence-electron chi connectivity index (χ3n) is 3.36. The van der Waals surface area contributed by atoms with E-state index in [0.717, 1.165) is 11.8 Å². The van der Waals surface area contributed by atoms with Crippen LogP contribution in [-0.4, -0.2) is 4.98 Å². The number of nitrogens with one attached hydrogen (secondary N) is 1. The fourth-order valence-corrected chi connectivity index (χ4v) is 2.32. The van der Waals surface area contributed by atoms with Crippen molar-refractivity contribution in [2.45, 2.75) is 32.1 Å².